The molecular weight excluding hydrogens is 270 g/mol. The minimum absolute atomic E-state index is 0.0257. The van der Waals surface area contributed by atoms with Crippen LogP contribution < -0.4 is 5.32 Å². The topological polar surface area (TPSA) is 73.9 Å². The number of hydrogen-bond acceptors (Lipinski definition) is 6. The van der Waals surface area contributed by atoms with Gasteiger partial charge in [-0.1, -0.05) is 13.8 Å². The zero-order chi connectivity index (χ0) is 14.7. The fraction of sp³-hybridized carbons (Fsp3) is 1.00. The lowest BCUT2D eigenvalue weighted by Gasteiger charge is -2.16. The van der Waals surface area contributed by atoms with Crippen molar-refractivity contribution in [2.24, 2.45) is 5.92 Å². The molecular formula is C12H27NO5S. The summed E-state index contributed by atoms with van der Waals surface area (Å²) in [6.45, 7) is 8.23. The van der Waals surface area contributed by atoms with Crippen LogP contribution in [0.15, 0.2) is 0 Å². The molecule has 0 fully saturated rings. The largest absolute Gasteiger partial charge is 0.382 e. The van der Waals surface area contributed by atoms with Gasteiger partial charge in [0.25, 0.3) is 10.1 Å². The molecule has 0 saturated heterocycles. The van der Waals surface area contributed by atoms with Crippen LogP contribution in [0.2, 0.25) is 0 Å². The van der Waals surface area contributed by atoms with Gasteiger partial charge < -0.3 is 14.8 Å². The molecule has 0 heterocycles. The third-order valence-corrected chi connectivity index (χ3v) is 3.92. The van der Waals surface area contributed by atoms with E-state index in [1.54, 1.807) is 14.0 Å². The molecule has 0 aliphatic carbocycles. The van der Waals surface area contributed by atoms with E-state index in [4.69, 9.17) is 13.7 Å². The summed E-state index contributed by atoms with van der Waals surface area (Å²) in [5, 5.41) is 3.00. The first-order valence-electron chi connectivity index (χ1n) is 6.57. The van der Waals surface area contributed by atoms with Crippen LogP contribution >= 0.6 is 0 Å². The summed E-state index contributed by atoms with van der Waals surface area (Å²) < 4.78 is 38.3. The first-order valence-corrected chi connectivity index (χ1v) is 8.15. The van der Waals surface area contributed by atoms with Crippen molar-refractivity contribution in [3.63, 3.8) is 0 Å². The lowest BCUT2D eigenvalue weighted by atomic mass is 10.1. The van der Waals surface area contributed by atoms with Gasteiger partial charge in [-0.25, -0.2) is 0 Å². The van der Waals surface area contributed by atoms with E-state index < -0.39 is 10.1 Å². The Bertz CT molecular complexity index is 305. The number of ether oxygens (including phenoxy) is 2. The van der Waals surface area contributed by atoms with E-state index in [0.717, 1.165) is 0 Å². The van der Waals surface area contributed by atoms with Crippen LogP contribution in [0.3, 0.4) is 0 Å². The summed E-state index contributed by atoms with van der Waals surface area (Å²) in [5.74, 6) is 0.152. The van der Waals surface area contributed by atoms with Gasteiger partial charge in [0.2, 0.25) is 0 Å². The maximum absolute atomic E-state index is 11.6. The molecule has 0 rings (SSSR count). The van der Waals surface area contributed by atoms with Crippen LogP contribution in [0.5, 0.6) is 0 Å². The molecule has 7 heteroatoms. The second-order valence-electron chi connectivity index (χ2n) is 4.66. The molecule has 0 unspecified atom stereocenters. The lowest BCUT2D eigenvalue weighted by molar-refractivity contribution is 0.0721. The minimum Gasteiger partial charge on any atom is -0.382 e. The maximum atomic E-state index is 11.6. The predicted molar refractivity (Wildman–Crippen MR) is 74.7 cm³/mol. The van der Waals surface area contributed by atoms with Crippen LogP contribution in [-0.4, -0.2) is 60.3 Å². The lowest BCUT2D eigenvalue weighted by Crippen LogP contribution is -2.29. The molecule has 6 nitrogen and oxygen atoms in total. The monoisotopic (exact) mass is 297 g/mol. The van der Waals surface area contributed by atoms with Gasteiger partial charge in [0, 0.05) is 20.2 Å². The molecule has 0 saturated carbocycles. The fourth-order valence-corrected chi connectivity index (χ4v) is 2.28. The Hall–Kier alpha value is -0.210. The van der Waals surface area contributed by atoms with E-state index in [1.807, 2.05) is 13.8 Å². The van der Waals surface area contributed by atoms with Crippen molar-refractivity contribution >= 4 is 10.1 Å². The van der Waals surface area contributed by atoms with Crippen LogP contribution in [0.1, 0.15) is 20.8 Å². The molecule has 0 spiro atoms. The summed E-state index contributed by atoms with van der Waals surface area (Å²) in [4.78, 5) is 0. The Balaban J connectivity index is 3.59. The summed E-state index contributed by atoms with van der Waals surface area (Å²) >= 11 is 0. The second kappa shape index (κ2) is 10.6. The van der Waals surface area contributed by atoms with E-state index in [0.29, 0.717) is 32.9 Å². The average Bonchev–Trinajstić information content (AvgIpc) is 2.31. The SMILES string of the molecule is COCCOCCNCCS(=O)(=O)O[C@H](C)C(C)C. The van der Waals surface area contributed by atoms with Gasteiger partial charge in [-0.3, -0.25) is 4.18 Å². The predicted octanol–water partition coefficient (Wildman–Crippen LogP) is 0.630. The summed E-state index contributed by atoms with van der Waals surface area (Å²) in [6.07, 6.45) is -0.289. The van der Waals surface area contributed by atoms with Gasteiger partial charge in [-0.15, -0.1) is 0 Å². The Labute approximate surface area is 116 Å². The fourth-order valence-electron chi connectivity index (χ4n) is 1.10. The zero-order valence-electron chi connectivity index (χ0n) is 12.3. The standard InChI is InChI=1S/C12H27NO5S/c1-11(2)12(3)18-19(14,15)10-6-13-5-7-17-9-8-16-4/h11-13H,5-10H2,1-4H3/t12-/m1/s1. The van der Waals surface area contributed by atoms with Gasteiger partial charge in [0.15, 0.2) is 0 Å². The van der Waals surface area contributed by atoms with Crippen LogP contribution in [0, 0.1) is 5.92 Å². The van der Waals surface area contributed by atoms with Gasteiger partial charge in [0.1, 0.15) is 0 Å². The minimum atomic E-state index is -3.45. The first kappa shape index (κ1) is 18.8. The smallest absolute Gasteiger partial charge is 0.268 e. The van der Waals surface area contributed by atoms with E-state index in [1.165, 1.54) is 0 Å². The second-order valence-corrected chi connectivity index (χ2v) is 6.38. The molecule has 0 amide bonds. The van der Waals surface area contributed by atoms with Crippen LogP contribution in [0.25, 0.3) is 0 Å². The molecule has 0 aliphatic rings. The number of methoxy groups -OCH3 is 1. The molecule has 116 valence electrons. The molecule has 0 bridgehead atoms. The van der Waals surface area contributed by atoms with Crippen molar-refractivity contribution in [3.05, 3.63) is 0 Å². The molecule has 1 atom stereocenters. The Kier molecular flexibility index (Phi) is 10.4. The Morgan fingerprint density at radius 2 is 1.74 bits per heavy atom. The highest BCUT2D eigenvalue weighted by Gasteiger charge is 2.17. The molecule has 0 radical (unpaired) electrons. The molecule has 19 heavy (non-hydrogen) atoms. The first-order chi connectivity index (χ1) is 8.89. The van der Waals surface area contributed by atoms with Gasteiger partial charge in [0.05, 0.1) is 31.7 Å². The molecule has 0 aliphatic heterocycles. The summed E-state index contributed by atoms with van der Waals surface area (Å²) in [5.41, 5.74) is 0. The third-order valence-electron chi connectivity index (χ3n) is 2.62. The van der Waals surface area contributed by atoms with Crippen molar-refractivity contribution < 1.29 is 22.1 Å². The number of rotatable bonds is 12. The van der Waals surface area contributed by atoms with Crippen molar-refractivity contribution in [2.45, 2.75) is 26.9 Å². The zero-order valence-corrected chi connectivity index (χ0v) is 13.2. The molecule has 0 aromatic heterocycles. The van der Waals surface area contributed by atoms with Crippen molar-refractivity contribution in [2.75, 3.05) is 45.8 Å². The highest BCUT2D eigenvalue weighted by atomic mass is 32.2. The van der Waals surface area contributed by atoms with E-state index >= 15 is 0 Å². The van der Waals surface area contributed by atoms with Gasteiger partial charge in [-0.05, 0) is 12.8 Å². The number of nitrogens with one attached hydrogen (secondary N) is 1. The highest BCUT2D eigenvalue weighted by Crippen LogP contribution is 2.09. The maximum Gasteiger partial charge on any atom is 0.268 e. The average molecular weight is 297 g/mol. The van der Waals surface area contributed by atoms with Crippen LogP contribution in [-0.2, 0) is 23.8 Å². The third kappa shape index (κ3) is 11.3. The molecule has 0 aromatic carbocycles. The van der Waals surface area contributed by atoms with E-state index in [2.05, 4.69) is 5.32 Å². The van der Waals surface area contributed by atoms with Crippen molar-refractivity contribution in [1.82, 2.24) is 5.32 Å². The van der Waals surface area contributed by atoms with Gasteiger partial charge >= 0.3 is 0 Å². The summed E-state index contributed by atoms with van der Waals surface area (Å²) in [7, 11) is -1.83. The highest BCUT2D eigenvalue weighted by molar-refractivity contribution is 7.86. The number of hydrogen-bond donors (Lipinski definition) is 1. The van der Waals surface area contributed by atoms with E-state index in [9.17, 15) is 8.42 Å². The molecule has 0 aromatic rings. The Morgan fingerprint density at radius 1 is 1.05 bits per heavy atom. The van der Waals surface area contributed by atoms with Crippen molar-refractivity contribution in [3.8, 4) is 0 Å². The molecule has 1 N–H and O–H groups in total. The van der Waals surface area contributed by atoms with Gasteiger partial charge in [-0.2, -0.15) is 8.42 Å². The quantitative estimate of drug-likeness (QED) is 0.421. The van der Waals surface area contributed by atoms with Crippen LogP contribution in [0.4, 0.5) is 0 Å². The summed E-state index contributed by atoms with van der Waals surface area (Å²) in [6, 6.07) is 0. The van der Waals surface area contributed by atoms with Crippen molar-refractivity contribution in [1.29, 1.82) is 0 Å². The normalized spacial score (nSPS) is 13.9. The van der Waals surface area contributed by atoms with E-state index in [-0.39, 0.29) is 17.8 Å². The Morgan fingerprint density at radius 3 is 2.32 bits per heavy atom.